The van der Waals surface area contributed by atoms with E-state index in [1.54, 1.807) is 0 Å². The second kappa shape index (κ2) is 5.38. The lowest BCUT2D eigenvalue weighted by Crippen LogP contribution is -2.29. The van der Waals surface area contributed by atoms with Crippen LogP contribution in [0.3, 0.4) is 0 Å². The molecule has 1 aromatic rings. The number of hydrogen-bond acceptors (Lipinski definition) is 2. The van der Waals surface area contributed by atoms with Gasteiger partial charge >= 0.3 is 0 Å². The number of amidine groups is 1. The van der Waals surface area contributed by atoms with Crippen LogP contribution in [0.15, 0.2) is 41.0 Å². The summed E-state index contributed by atoms with van der Waals surface area (Å²) in [6, 6.07) is 8.60. The number of aliphatic imine (C=N–C) groups is 1. The van der Waals surface area contributed by atoms with Gasteiger partial charge in [0.15, 0.2) is 0 Å². The van der Waals surface area contributed by atoms with Gasteiger partial charge in [-0.1, -0.05) is 44.2 Å². The molecule has 0 aromatic heterocycles. The van der Waals surface area contributed by atoms with Crippen LogP contribution in [-0.4, -0.2) is 10.7 Å². The first kappa shape index (κ1) is 12.9. The van der Waals surface area contributed by atoms with E-state index in [1.165, 1.54) is 16.8 Å². The lowest BCUT2D eigenvalue weighted by molar-refractivity contribution is 0.445. The lowest BCUT2D eigenvalue weighted by atomic mass is 10.1. The quantitative estimate of drug-likeness (QED) is 0.766. The normalized spacial score (nSPS) is 16.4. The second-order valence-electron chi connectivity index (χ2n) is 5.09. The van der Waals surface area contributed by atoms with Gasteiger partial charge in [0.05, 0.1) is 6.54 Å². The summed E-state index contributed by atoms with van der Waals surface area (Å²) in [7, 11) is 0. The van der Waals surface area contributed by atoms with Crippen LogP contribution in [0.5, 0.6) is 0 Å². The number of fused-ring (bicyclic) bond motifs is 1. The van der Waals surface area contributed by atoms with Crippen molar-refractivity contribution < 1.29 is 0 Å². The predicted molar refractivity (Wildman–Crippen MR) is 77.4 cm³/mol. The third kappa shape index (κ3) is 2.47. The highest BCUT2D eigenvalue weighted by molar-refractivity contribution is 5.82. The van der Waals surface area contributed by atoms with Crippen LogP contribution in [0.1, 0.15) is 38.8 Å². The fraction of sp³-hybridized carbons (Fsp3) is 0.438. The molecule has 18 heavy (non-hydrogen) atoms. The first-order valence-corrected chi connectivity index (χ1v) is 6.65. The van der Waals surface area contributed by atoms with Crippen LogP contribution in [-0.2, 0) is 13.1 Å². The van der Waals surface area contributed by atoms with Gasteiger partial charge in [-0.15, -0.1) is 0 Å². The molecule has 1 heterocycles. The molecule has 96 valence electrons. The van der Waals surface area contributed by atoms with Crippen LogP contribution in [0, 0.1) is 5.92 Å². The molecule has 1 aliphatic rings. The van der Waals surface area contributed by atoms with Gasteiger partial charge in [0.25, 0.3) is 0 Å². The van der Waals surface area contributed by atoms with Gasteiger partial charge in [0, 0.05) is 12.2 Å². The first-order chi connectivity index (χ1) is 8.63. The summed E-state index contributed by atoms with van der Waals surface area (Å²) in [6.07, 6.45) is 2.21. The Labute approximate surface area is 110 Å². The van der Waals surface area contributed by atoms with E-state index in [0.717, 1.165) is 18.9 Å². The Balaban J connectivity index is 2.38. The number of allylic oxidation sites excluding steroid dienone is 2. The number of nitrogens with zero attached hydrogens (tertiary/aromatic N) is 2. The van der Waals surface area contributed by atoms with Crippen LogP contribution in [0.4, 0.5) is 0 Å². The number of hydrogen-bond donors (Lipinski definition) is 0. The maximum atomic E-state index is 4.70. The van der Waals surface area contributed by atoms with E-state index < -0.39 is 0 Å². The van der Waals surface area contributed by atoms with Crippen LogP contribution >= 0.6 is 0 Å². The standard InChI is InChI=1S/C16H22N2/c1-5-16(12(2)3)18-11-15-9-7-6-8-14(15)10-17-13(18)4/h5-9,12H,10-11H2,1-4H3/b16-5-. The minimum Gasteiger partial charge on any atom is -0.330 e. The van der Waals surface area contributed by atoms with Crippen molar-refractivity contribution in [3.63, 3.8) is 0 Å². The maximum absolute atomic E-state index is 4.70. The topological polar surface area (TPSA) is 15.6 Å². The predicted octanol–water partition coefficient (Wildman–Crippen LogP) is 3.98. The van der Waals surface area contributed by atoms with Crippen molar-refractivity contribution >= 4 is 5.84 Å². The number of benzene rings is 1. The smallest absolute Gasteiger partial charge is 0.101 e. The monoisotopic (exact) mass is 242 g/mol. The van der Waals surface area contributed by atoms with Crippen molar-refractivity contribution in [2.45, 2.75) is 40.8 Å². The molecule has 0 amide bonds. The summed E-state index contributed by atoms with van der Waals surface area (Å²) in [5.74, 6) is 1.64. The largest absolute Gasteiger partial charge is 0.330 e. The average Bonchev–Trinajstić information content (AvgIpc) is 2.51. The van der Waals surface area contributed by atoms with Gasteiger partial charge in [-0.25, -0.2) is 0 Å². The highest BCUT2D eigenvalue weighted by Gasteiger charge is 2.19. The zero-order valence-corrected chi connectivity index (χ0v) is 11.8. The van der Waals surface area contributed by atoms with E-state index in [4.69, 9.17) is 4.99 Å². The summed E-state index contributed by atoms with van der Waals surface area (Å²) in [5.41, 5.74) is 4.09. The van der Waals surface area contributed by atoms with E-state index in [0.29, 0.717) is 5.92 Å². The molecule has 1 aliphatic heterocycles. The molecule has 0 radical (unpaired) electrons. The maximum Gasteiger partial charge on any atom is 0.101 e. The Morgan fingerprint density at radius 3 is 2.56 bits per heavy atom. The van der Waals surface area contributed by atoms with Crippen LogP contribution in [0.25, 0.3) is 0 Å². The molecular weight excluding hydrogens is 220 g/mol. The fourth-order valence-corrected chi connectivity index (χ4v) is 2.51. The Bertz CT molecular complexity index is 484. The summed E-state index contributed by atoms with van der Waals surface area (Å²) < 4.78 is 0. The van der Waals surface area contributed by atoms with E-state index in [9.17, 15) is 0 Å². The van der Waals surface area contributed by atoms with Crippen molar-refractivity contribution in [1.82, 2.24) is 4.90 Å². The molecule has 0 atom stereocenters. The molecule has 2 heteroatoms. The molecule has 0 bridgehead atoms. The summed E-state index contributed by atoms with van der Waals surface area (Å²) in [4.78, 5) is 7.04. The minimum absolute atomic E-state index is 0.519. The molecule has 0 fully saturated rings. The molecule has 2 rings (SSSR count). The van der Waals surface area contributed by atoms with Gasteiger partial charge < -0.3 is 4.90 Å². The number of rotatable bonds is 2. The van der Waals surface area contributed by atoms with Crippen LogP contribution in [0.2, 0.25) is 0 Å². The second-order valence-corrected chi connectivity index (χ2v) is 5.09. The van der Waals surface area contributed by atoms with Gasteiger partial charge in [0.2, 0.25) is 0 Å². The third-order valence-corrected chi connectivity index (χ3v) is 3.51. The molecule has 0 N–H and O–H groups in total. The minimum atomic E-state index is 0.519. The molecular formula is C16H22N2. The highest BCUT2D eigenvalue weighted by Crippen LogP contribution is 2.24. The van der Waals surface area contributed by atoms with Crippen molar-refractivity contribution in [3.05, 3.63) is 47.2 Å². The van der Waals surface area contributed by atoms with Gasteiger partial charge in [-0.2, -0.15) is 0 Å². The van der Waals surface area contributed by atoms with E-state index in [2.05, 4.69) is 62.9 Å². The lowest BCUT2D eigenvalue weighted by Gasteiger charge is -2.28. The van der Waals surface area contributed by atoms with Crippen LogP contribution < -0.4 is 0 Å². The molecule has 0 saturated heterocycles. The molecule has 0 unspecified atom stereocenters. The zero-order valence-electron chi connectivity index (χ0n) is 11.8. The van der Waals surface area contributed by atoms with Crippen molar-refractivity contribution in [1.29, 1.82) is 0 Å². The van der Waals surface area contributed by atoms with E-state index in [1.807, 2.05) is 0 Å². The molecule has 0 spiro atoms. The molecule has 0 saturated carbocycles. The Kier molecular flexibility index (Phi) is 3.85. The van der Waals surface area contributed by atoms with Crippen molar-refractivity contribution in [2.24, 2.45) is 10.9 Å². The first-order valence-electron chi connectivity index (χ1n) is 6.65. The van der Waals surface area contributed by atoms with Gasteiger partial charge in [-0.05, 0) is 30.9 Å². The van der Waals surface area contributed by atoms with Crippen molar-refractivity contribution in [2.75, 3.05) is 0 Å². The molecule has 2 nitrogen and oxygen atoms in total. The van der Waals surface area contributed by atoms with Gasteiger partial charge in [-0.3, -0.25) is 4.99 Å². The average molecular weight is 242 g/mol. The molecule has 1 aromatic carbocycles. The summed E-state index contributed by atoms with van der Waals surface area (Å²) in [5, 5.41) is 0. The Morgan fingerprint density at radius 1 is 1.28 bits per heavy atom. The van der Waals surface area contributed by atoms with E-state index in [-0.39, 0.29) is 0 Å². The summed E-state index contributed by atoms with van der Waals surface area (Å²) in [6.45, 7) is 10.4. The zero-order chi connectivity index (χ0) is 13.1. The highest BCUT2D eigenvalue weighted by atomic mass is 15.2. The SMILES string of the molecule is C/C=C(/C(C)C)N1Cc2ccccc2CN=C1C. The Morgan fingerprint density at radius 2 is 1.94 bits per heavy atom. The molecule has 0 aliphatic carbocycles. The van der Waals surface area contributed by atoms with E-state index >= 15 is 0 Å². The third-order valence-electron chi connectivity index (χ3n) is 3.51. The fourth-order valence-electron chi connectivity index (χ4n) is 2.51. The van der Waals surface area contributed by atoms with Crippen molar-refractivity contribution in [3.8, 4) is 0 Å². The van der Waals surface area contributed by atoms with Gasteiger partial charge in [0.1, 0.15) is 5.84 Å². The summed E-state index contributed by atoms with van der Waals surface area (Å²) >= 11 is 0. The Hall–Kier alpha value is -1.57.